The monoisotopic (exact) mass is 654 g/mol. The van der Waals surface area contributed by atoms with E-state index in [1.165, 1.54) is 7.11 Å². The quantitative estimate of drug-likeness (QED) is 0.206. The molecule has 0 amide bonds. The molecule has 0 aliphatic carbocycles. The summed E-state index contributed by atoms with van der Waals surface area (Å²) < 4.78 is 27.1. The molecule has 4 aromatic rings. The van der Waals surface area contributed by atoms with Crippen LogP contribution in [0.2, 0.25) is 0 Å². The zero-order valence-electron chi connectivity index (χ0n) is 29.8. The molecular formula is C39H50N4O5. The predicted octanol–water partition coefficient (Wildman–Crippen LogP) is 7.86. The first kappa shape index (κ1) is 33.9. The first-order chi connectivity index (χ1) is 22.8. The number of fused-ring (bicyclic) bond motifs is 8. The van der Waals surface area contributed by atoms with Gasteiger partial charge in [0.25, 0.3) is 0 Å². The van der Waals surface area contributed by atoms with Gasteiger partial charge in [0.2, 0.25) is 0 Å². The molecule has 2 aromatic carbocycles. The van der Waals surface area contributed by atoms with Crippen molar-refractivity contribution in [3.8, 4) is 28.1 Å². The lowest BCUT2D eigenvalue weighted by molar-refractivity contribution is -0.140. The number of aryl methyl sites for hydroxylation is 2. The summed E-state index contributed by atoms with van der Waals surface area (Å²) in [5.41, 5.74) is 6.52. The molecule has 0 spiro atoms. The highest BCUT2D eigenvalue weighted by Gasteiger charge is 2.42. The summed E-state index contributed by atoms with van der Waals surface area (Å²) in [4.78, 5) is 20.0. The molecule has 9 nitrogen and oxygen atoms in total. The summed E-state index contributed by atoms with van der Waals surface area (Å²) in [5, 5.41) is 5.19. The Balaban J connectivity index is 1.55. The van der Waals surface area contributed by atoms with Crippen LogP contribution in [0.25, 0.3) is 28.0 Å². The fraction of sp³-hybridized carbons (Fsp3) is 0.513. The molecule has 3 aliphatic heterocycles. The number of ether oxygens (including phenoxy) is 4. The molecule has 0 saturated carbocycles. The van der Waals surface area contributed by atoms with E-state index < -0.39 is 5.60 Å². The van der Waals surface area contributed by atoms with Crippen LogP contribution in [0, 0.1) is 13.8 Å². The van der Waals surface area contributed by atoms with Crippen molar-refractivity contribution >= 4 is 17.4 Å². The van der Waals surface area contributed by atoms with E-state index in [0.717, 1.165) is 76.5 Å². The van der Waals surface area contributed by atoms with Gasteiger partial charge in [0, 0.05) is 48.0 Å². The van der Waals surface area contributed by atoms with Crippen LogP contribution in [-0.2, 0) is 25.4 Å². The van der Waals surface area contributed by atoms with E-state index in [0.29, 0.717) is 25.2 Å². The van der Waals surface area contributed by atoms with Gasteiger partial charge in [-0.1, -0.05) is 30.3 Å². The van der Waals surface area contributed by atoms with E-state index >= 15 is 0 Å². The van der Waals surface area contributed by atoms with Gasteiger partial charge in [-0.25, -0.2) is 4.98 Å². The van der Waals surface area contributed by atoms with Crippen LogP contribution >= 0.6 is 0 Å². The second kappa shape index (κ2) is 13.5. The van der Waals surface area contributed by atoms with Gasteiger partial charge in [-0.05, 0) is 97.4 Å². The van der Waals surface area contributed by atoms with E-state index in [-0.39, 0.29) is 30.3 Å². The van der Waals surface area contributed by atoms with Gasteiger partial charge in [0.15, 0.2) is 5.65 Å². The maximum Gasteiger partial charge on any atom is 0.310 e. The Hall–Kier alpha value is -3.95. The topological polar surface area (TPSA) is 87.4 Å². The standard InChI is InChI=1S/C39H50N4O5/c1-25-13-11-17-32-36(25)29-16-12-15-28(21-29)31-23-33-40-27(3)30(22-35(44)45-8)37(43(33)41-31)42-19-18-39(7,24-34(42)48-38(4,5)6)46-20-10-9-14-26(2)47-32/h11-13,15-17,21,23,26,34H,9-10,14,18-20,22,24H2,1-8H3. The van der Waals surface area contributed by atoms with Crippen LogP contribution in [0.1, 0.15) is 83.5 Å². The molecule has 0 radical (unpaired) electrons. The lowest BCUT2D eigenvalue weighted by Crippen LogP contribution is -2.54. The second-order valence-electron chi connectivity index (χ2n) is 14.6. The van der Waals surface area contributed by atoms with Gasteiger partial charge in [-0.3, -0.25) is 4.79 Å². The number of carbonyl (C=O) groups is 1. The van der Waals surface area contributed by atoms with Gasteiger partial charge in [-0.15, -0.1) is 0 Å². The Bertz CT molecular complexity index is 1790. The average molecular weight is 655 g/mol. The van der Waals surface area contributed by atoms with E-state index in [4.69, 9.17) is 29.0 Å². The minimum atomic E-state index is -0.418. The molecule has 9 heteroatoms. The van der Waals surface area contributed by atoms with Crippen molar-refractivity contribution < 1.29 is 23.7 Å². The normalized spacial score (nSPS) is 22.0. The van der Waals surface area contributed by atoms with Gasteiger partial charge in [-0.2, -0.15) is 9.61 Å². The van der Waals surface area contributed by atoms with Crippen molar-refractivity contribution in [2.75, 3.05) is 25.2 Å². The number of hydrogen-bond donors (Lipinski definition) is 0. The van der Waals surface area contributed by atoms with E-state index in [9.17, 15) is 4.79 Å². The summed E-state index contributed by atoms with van der Waals surface area (Å²) in [6.45, 7) is 16.0. The highest BCUT2D eigenvalue weighted by Crippen LogP contribution is 2.40. The molecular weight excluding hydrogens is 604 g/mol. The van der Waals surface area contributed by atoms with Crippen molar-refractivity contribution in [3.63, 3.8) is 0 Å². The molecule has 3 unspecified atom stereocenters. The lowest BCUT2D eigenvalue weighted by atomic mass is 9.91. The molecule has 256 valence electrons. The number of piperidine rings is 1. The largest absolute Gasteiger partial charge is 0.490 e. The van der Waals surface area contributed by atoms with Gasteiger partial charge in [0.1, 0.15) is 17.8 Å². The number of nitrogens with zero attached hydrogens (tertiary/aromatic N) is 4. The van der Waals surface area contributed by atoms with Crippen LogP contribution in [-0.4, -0.2) is 64.4 Å². The van der Waals surface area contributed by atoms with E-state index in [1.807, 2.05) is 17.5 Å². The summed E-state index contributed by atoms with van der Waals surface area (Å²) in [6.07, 6.45) is 4.17. The van der Waals surface area contributed by atoms with Gasteiger partial charge < -0.3 is 23.8 Å². The van der Waals surface area contributed by atoms with Crippen molar-refractivity contribution in [1.29, 1.82) is 0 Å². The average Bonchev–Trinajstić information content (AvgIpc) is 3.44. The molecule has 5 heterocycles. The highest BCUT2D eigenvalue weighted by molar-refractivity contribution is 5.79. The number of anilines is 1. The fourth-order valence-corrected chi connectivity index (χ4v) is 7.04. The van der Waals surface area contributed by atoms with E-state index in [1.54, 1.807) is 0 Å². The van der Waals surface area contributed by atoms with Crippen molar-refractivity contribution in [3.05, 3.63) is 65.4 Å². The maximum absolute atomic E-state index is 12.8. The third-order valence-corrected chi connectivity index (χ3v) is 9.49. The number of benzene rings is 2. The zero-order valence-corrected chi connectivity index (χ0v) is 29.8. The molecule has 2 aromatic heterocycles. The molecule has 6 bridgehead atoms. The molecule has 3 atom stereocenters. The number of aromatic nitrogens is 3. The SMILES string of the molecule is COC(=O)Cc1c(C)nc2cc3nn2c1N1CCC(C)(CC1OC(C)(C)C)OCCCCC(C)Oc1cccc(C)c1-c1cccc-3c1. The molecule has 3 aliphatic rings. The molecule has 48 heavy (non-hydrogen) atoms. The minimum Gasteiger partial charge on any atom is -0.490 e. The number of hydrogen-bond acceptors (Lipinski definition) is 8. The second-order valence-corrected chi connectivity index (χ2v) is 14.6. The van der Waals surface area contributed by atoms with Crippen molar-refractivity contribution in [1.82, 2.24) is 14.6 Å². The summed E-state index contributed by atoms with van der Waals surface area (Å²) in [6, 6.07) is 16.7. The van der Waals surface area contributed by atoms with Gasteiger partial charge >= 0.3 is 5.97 Å². The van der Waals surface area contributed by atoms with Crippen LogP contribution in [0.15, 0.2) is 48.5 Å². The number of esters is 1. The Morgan fingerprint density at radius 3 is 2.62 bits per heavy atom. The highest BCUT2D eigenvalue weighted by atomic mass is 16.5. The first-order valence-electron chi connectivity index (χ1n) is 17.3. The maximum atomic E-state index is 12.8. The first-order valence-corrected chi connectivity index (χ1v) is 17.3. The number of carbonyl (C=O) groups excluding carboxylic acids is 1. The molecule has 0 N–H and O–H groups in total. The van der Waals surface area contributed by atoms with Crippen molar-refractivity contribution in [2.45, 2.75) is 111 Å². The predicted molar refractivity (Wildman–Crippen MR) is 189 cm³/mol. The van der Waals surface area contributed by atoms with Crippen LogP contribution in [0.5, 0.6) is 5.75 Å². The number of methoxy groups -OCH3 is 1. The zero-order chi connectivity index (χ0) is 34.2. The Morgan fingerprint density at radius 2 is 1.85 bits per heavy atom. The van der Waals surface area contributed by atoms with Gasteiger partial charge in [0.05, 0.1) is 36.5 Å². The Kier molecular flexibility index (Phi) is 9.55. The van der Waals surface area contributed by atoms with Crippen molar-refractivity contribution in [2.24, 2.45) is 0 Å². The van der Waals surface area contributed by atoms with Crippen LogP contribution in [0.4, 0.5) is 5.82 Å². The third kappa shape index (κ3) is 7.22. The molecule has 1 fully saturated rings. The summed E-state index contributed by atoms with van der Waals surface area (Å²) >= 11 is 0. The molecule has 7 rings (SSSR count). The third-order valence-electron chi connectivity index (χ3n) is 9.49. The smallest absolute Gasteiger partial charge is 0.310 e. The minimum absolute atomic E-state index is 0.0630. The van der Waals surface area contributed by atoms with Crippen LogP contribution < -0.4 is 9.64 Å². The Labute approximate surface area is 284 Å². The lowest BCUT2D eigenvalue weighted by Gasteiger charge is -2.47. The Morgan fingerprint density at radius 1 is 1.08 bits per heavy atom. The number of rotatable bonds is 3. The summed E-state index contributed by atoms with van der Waals surface area (Å²) in [5.74, 6) is 1.36. The van der Waals surface area contributed by atoms with Crippen LogP contribution in [0.3, 0.4) is 0 Å². The summed E-state index contributed by atoms with van der Waals surface area (Å²) in [7, 11) is 1.42. The fourth-order valence-electron chi connectivity index (χ4n) is 7.04. The molecule has 1 saturated heterocycles. The van der Waals surface area contributed by atoms with E-state index in [2.05, 4.69) is 88.9 Å².